The van der Waals surface area contributed by atoms with Crippen LogP contribution < -0.4 is 5.32 Å². The summed E-state index contributed by atoms with van der Waals surface area (Å²) in [4.78, 5) is 24.1. The van der Waals surface area contributed by atoms with E-state index in [2.05, 4.69) is 10.5 Å². The summed E-state index contributed by atoms with van der Waals surface area (Å²) >= 11 is 0. The van der Waals surface area contributed by atoms with Gasteiger partial charge in [-0.25, -0.2) is 4.79 Å². The molecular formula is C15H16N2O4. The number of aromatic nitrogens is 1. The van der Waals surface area contributed by atoms with E-state index in [4.69, 9.17) is 9.26 Å². The Balaban J connectivity index is 2.28. The van der Waals surface area contributed by atoms with E-state index < -0.39 is 5.97 Å². The molecule has 0 saturated heterocycles. The third-order valence-corrected chi connectivity index (χ3v) is 2.93. The van der Waals surface area contributed by atoms with E-state index in [-0.39, 0.29) is 12.5 Å². The summed E-state index contributed by atoms with van der Waals surface area (Å²) in [5.41, 5.74) is 1.56. The summed E-state index contributed by atoms with van der Waals surface area (Å²) in [5.74, 6) is -0.422. The first-order chi connectivity index (χ1) is 10.0. The van der Waals surface area contributed by atoms with Crippen LogP contribution in [0.25, 0.3) is 0 Å². The van der Waals surface area contributed by atoms with E-state index >= 15 is 0 Å². The minimum atomic E-state index is -0.479. The lowest BCUT2D eigenvalue weighted by Gasteiger charge is -2.10. The van der Waals surface area contributed by atoms with Gasteiger partial charge in [-0.1, -0.05) is 17.3 Å². The Hall–Kier alpha value is -2.63. The second kappa shape index (κ2) is 6.21. The largest absolute Gasteiger partial charge is 0.462 e. The van der Waals surface area contributed by atoms with E-state index in [9.17, 15) is 9.59 Å². The minimum absolute atomic E-state index is 0.269. The average molecular weight is 288 g/mol. The number of nitrogens with one attached hydrogen (secondary N) is 1. The van der Waals surface area contributed by atoms with E-state index in [1.54, 1.807) is 45.0 Å². The molecule has 0 aliphatic heterocycles. The third kappa shape index (κ3) is 3.10. The van der Waals surface area contributed by atoms with Gasteiger partial charge in [-0.05, 0) is 32.9 Å². The van der Waals surface area contributed by atoms with Crippen LogP contribution in [0.4, 0.5) is 5.69 Å². The summed E-state index contributed by atoms with van der Waals surface area (Å²) in [6.45, 7) is 5.34. The van der Waals surface area contributed by atoms with E-state index in [1.807, 2.05) is 0 Å². The van der Waals surface area contributed by atoms with Gasteiger partial charge in [0.2, 0.25) is 0 Å². The summed E-state index contributed by atoms with van der Waals surface area (Å²) in [5, 5.41) is 6.43. The summed E-state index contributed by atoms with van der Waals surface area (Å²) in [6, 6.07) is 6.67. The van der Waals surface area contributed by atoms with Crippen LogP contribution in [-0.4, -0.2) is 23.6 Å². The number of nitrogens with zero attached hydrogens (tertiary/aromatic N) is 1. The molecule has 1 N–H and O–H groups in total. The summed E-state index contributed by atoms with van der Waals surface area (Å²) in [6.07, 6.45) is 0. The Kier molecular flexibility index (Phi) is 4.37. The second-order valence-corrected chi connectivity index (χ2v) is 4.42. The highest BCUT2D eigenvalue weighted by Crippen LogP contribution is 2.19. The number of rotatable bonds is 4. The first kappa shape index (κ1) is 14.8. The smallest absolute Gasteiger partial charge is 0.340 e. The van der Waals surface area contributed by atoms with Gasteiger partial charge >= 0.3 is 5.97 Å². The molecule has 1 aromatic carbocycles. The lowest BCUT2D eigenvalue weighted by molar-refractivity contribution is 0.0527. The molecule has 6 nitrogen and oxygen atoms in total. The Bertz CT molecular complexity index is 657. The molecule has 21 heavy (non-hydrogen) atoms. The number of hydrogen-bond donors (Lipinski definition) is 1. The zero-order chi connectivity index (χ0) is 15.4. The van der Waals surface area contributed by atoms with Crippen LogP contribution >= 0.6 is 0 Å². The van der Waals surface area contributed by atoms with Crippen LogP contribution in [0.1, 0.15) is 39.1 Å². The number of amides is 1. The number of ether oxygens (including phenoxy) is 1. The highest BCUT2D eigenvalue weighted by Gasteiger charge is 2.20. The van der Waals surface area contributed by atoms with Gasteiger partial charge in [0, 0.05) is 0 Å². The Labute approximate surface area is 122 Å². The minimum Gasteiger partial charge on any atom is -0.462 e. The number of carbonyl (C=O) groups excluding carboxylic acids is 2. The first-order valence-corrected chi connectivity index (χ1v) is 6.55. The third-order valence-electron chi connectivity index (χ3n) is 2.93. The van der Waals surface area contributed by atoms with Gasteiger partial charge in [0.1, 0.15) is 11.3 Å². The number of anilines is 1. The number of aryl methyl sites for hydroxylation is 2. The normalized spacial score (nSPS) is 10.2. The van der Waals surface area contributed by atoms with Crippen molar-refractivity contribution in [3.63, 3.8) is 0 Å². The number of hydrogen-bond acceptors (Lipinski definition) is 5. The molecule has 2 rings (SSSR count). The van der Waals surface area contributed by atoms with Crippen LogP contribution in [0.2, 0.25) is 0 Å². The lowest BCUT2D eigenvalue weighted by Crippen LogP contribution is -2.17. The molecular weight excluding hydrogens is 272 g/mol. The maximum absolute atomic E-state index is 12.3. The summed E-state index contributed by atoms with van der Waals surface area (Å²) in [7, 11) is 0. The molecule has 1 heterocycles. The average Bonchev–Trinajstić information content (AvgIpc) is 2.79. The molecule has 1 aromatic heterocycles. The first-order valence-electron chi connectivity index (χ1n) is 6.55. The Morgan fingerprint density at radius 1 is 1.29 bits per heavy atom. The van der Waals surface area contributed by atoms with Crippen molar-refractivity contribution in [3.8, 4) is 0 Å². The van der Waals surface area contributed by atoms with Gasteiger partial charge in [0.15, 0.2) is 0 Å². The second-order valence-electron chi connectivity index (χ2n) is 4.42. The SMILES string of the molecule is CCOC(=O)c1ccccc1NC(=O)c1c(C)noc1C. The maximum atomic E-state index is 12.3. The van der Waals surface area contributed by atoms with Gasteiger partial charge in [-0.2, -0.15) is 0 Å². The van der Waals surface area contributed by atoms with Crippen LogP contribution in [0.5, 0.6) is 0 Å². The van der Waals surface area contributed by atoms with Crippen LogP contribution in [-0.2, 0) is 4.74 Å². The molecule has 0 spiro atoms. The van der Waals surface area contributed by atoms with Gasteiger partial charge in [0.05, 0.1) is 23.6 Å². The molecule has 0 radical (unpaired) electrons. The molecule has 0 unspecified atom stereocenters. The topological polar surface area (TPSA) is 81.4 Å². The predicted octanol–water partition coefficient (Wildman–Crippen LogP) is 2.72. The highest BCUT2D eigenvalue weighted by molar-refractivity contribution is 6.08. The number of carbonyl (C=O) groups is 2. The van der Waals surface area contributed by atoms with Crippen molar-refractivity contribution in [2.24, 2.45) is 0 Å². The van der Waals surface area contributed by atoms with Crippen molar-refractivity contribution in [2.45, 2.75) is 20.8 Å². The zero-order valence-electron chi connectivity index (χ0n) is 12.1. The van der Waals surface area contributed by atoms with Gasteiger partial charge in [-0.15, -0.1) is 0 Å². The summed E-state index contributed by atoms with van der Waals surface area (Å²) < 4.78 is 9.94. The fraction of sp³-hybridized carbons (Fsp3) is 0.267. The molecule has 2 aromatic rings. The molecule has 0 saturated carbocycles. The number of esters is 1. The molecule has 0 aliphatic rings. The van der Waals surface area contributed by atoms with Gasteiger partial charge in [0.25, 0.3) is 5.91 Å². The van der Waals surface area contributed by atoms with E-state index in [0.29, 0.717) is 28.3 Å². The number of para-hydroxylation sites is 1. The van der Waals surface area contributed by atoms with Crippen molar-refractivity contribution in [1.82, 2.24) is 5.16 Å². The van der Waals surface area contributed by atoms with Crippen molar-refractivity contribution < 1.29 is 18.8 Å². The maximum Gasteiger partial charge on any atom is 0.340 e. The van der Waals surface area contributed by atoms with E-state index in [1.165, 1.54) is 0 Å². The monoisotopic (exact) mass is 288 g/mol. The van der Waals surface area contributed by atoms with Crippen LogP contribution in [0, 0.1) is 13.8 Å². The van der Waals surface area contributed by atoms with Crippen molar-refractivity contribution in [3.05, 3.63) is 46.8 Å². The fourth-order valence-corrected chi connectivity index (χ4v) is 1.97. The van der Waals surface area contributed by atoms with E-state index in [0.717, 1.165) is 0 Å². The quantitative estimate of drug-likeness (QED) is 0.875. The standard InChI is InChI=1S/C15H16N2O4/c1-4-20-15(19)11-7-5-6-8-12(11)16-14(18)13-9(2)17-21-10(13)3/h5-8H,4H2,1-3H3,(H,16,18). The molecule has 0 aliphatic carbocycles. The highest BCUT2D eigenvalue weighted by atomic mass is 16.5. The van der Waals surface area contributed by atoms with Crippen LogP contribution in [0.3, 0.4) is 0 Å². The molecule has 1 amide bonds. The number of benzene rings is 1. The van der Waals surface area contributed by atoms with Gasteiger partial charge < -0.3 is 14.6 Å². The fourth-order valence-electron chi connectivity index (χ4n) is 1.97. The molecule has 0 fully saturated rings. The van der Waals surface area contributed by atoms with Crippen molar-refractivity contribution in [1.29, 1.82) is 0 Å². The van der Waals surface area contributed by atoms with Crippen molar-refractivity contribution >= 4 is 17.6 Å². The van der Waals surface area contributed by atoms with Crippen molar-refractivity contribution in [2.75, 3.05) is 11.9 Å². The Morgan fingerprint density at radius 2 is 2.00 bits per heavy atom. The molecule has 110 valence electrons. The van der Waals surface area contributed by atoms with Crippen LogP contribution in [0.15, 0.2) is 28.8 Å². The molecule has 0 atom stereocenters. The lowest BCUT2D eigenvalue weighted by atomic mass is 10.1. The molecule has 6 heteroatoms. The van der Waals surface area contributed by atoms with Gasteiger partial charge in [-0.3, -0.25) is 4.79 Å². The predicted molar refractivity (Wildman–Crippen MR) is 76.3 cm³/mol. The zero-order valence-corrected chi connectivity index (χ0v) is 12.1. The Morgan fingerprint density at radius 3 is 2.62 bits per heavy atom. The molecule has 0 bridgehead atoms.